The molecule has 0 aliphatic heterocycles. The normalized spacial score (nSPS) is 16.1. The van der Waals surface area contributed by atoms with Crippen molar-refractivity contribution in [3.63, 3.8) is 0 Å². The largest absolute Gasteiger partial charge is 0.490 e. The number of aromatic amines is 1. The standard InChI is InChI=1S/C35H32N4O6/c40-32(39-31-4-2-1-3-29(31)35(42)43)19-22-5-16-33(37-21-22)45-28-13-11-27(12-14-28)44-26-9-7-25(8-10-26)38-34(41)24-6-15-30-23(20-24)17-18-36-30/h1-6,11-18,20-21,25-26,36H,7-10,19H2,(H,38,41)(H,39,40)(H,42,43). The van der Waals surface area contributed by atoms with Gasteiger partial charge in [0.25, 0.3) is 5.91 Å². The monoisotopic (exact) mass is 604 g/mol. The van der Waals surface area contributed by atoms with Crippen molar-refractivity contribution in [3.05, 3.63) is 114 Å². The molecular weight excluding hydrogens is 572 g/mol. The first-order valence-corrected chi connectivity index (χ1v) is 14.8. The second-order valence-corrected chi connectivity index (χ2v) is 11.0. The second kappa shape index (κ2) is 13.3. The van der Waals surface area contributed by atoms with Crippen LogP contribution in [0.15, 0.2) is 97.3 Å². The van der Waals surface area contributed by atoms with Crippen LogP contribution >= 0.6 is 0 Å². The fraction of sp³-hybridized carbons (Fsp3) is 0.200. The molecular formula is C35H32N4O6. The zero-order valence-electron chi connectivity index (χ0n) is 24.4. The van der Waals surface area contributed by atoms with Gasteiger partial charge in [0.1, 0.15) is 11.5 Å². The van der Waals surface area contributed by atoms with E-state index < -0.39 is 5.97 Å². The number of nitrogens with one attached hydrogen (secondary N) is 3. The number of carbonyl (C=O) groups excluding carboxylic acids is 2. The number of nitrogens with zero attached hydrogens (tertiary/aromatic N) is 1. The molecule has 0 saturated heterocycles. The molecule has 45 heavy (non-hydrogen) atoms. The Morgan fingerprint density at radius 2 is 1.67 bits per heavy atom. The predicted molar refractivity (Wildman–Crippen MR) is 169 cm³/mol. The number of aromatic nitrogens is 2. The quantitative estimate of drug-likeness (QED) is 0.145. The minimum absolute atomic E-state index is 0.0276. The molecule has 4 N–H and O–H groups in total. The Morgan fingerprint density at radius 1 is 0.889 bits per heavy atom. The average molecular weight is 605 g/mol. The Balaban J connectivity index is 0.942. The van der Waals surface area contributed by atoms with E-state index in [-0.39, 0.29) is 41.6 Å². The van der Waals surface area contributed by atoms with Crippen LogP contribution in [0, 0.1) is 0 Å². The molecule has 0 spiro atoms. The summed E-state index contributed by atoms with van der Waals surface area (Å²) in [4.78, 5) is 44.0. The number of hydrogen-bond donors (Lipinski definition) is 4. The summed E-state index contributed by atoms with van der Waals surface area (Å²) in [6.45, 7) is 0. The van der Waals surface area contributed by atoms with Crippen LogP contribution in [-0.2, 0) is 11.2 Å². The minimum Gasteiger partial charge on any atom is -0.490 e. The van der Waals surface area contributed by atoms with Crippen molar-refractivity contribution in [2.24, 2.45) is 0 Å². The van der Waals surface area contributed by atoms with E-state index in [0.29, 0.717) is 22.8 Å². The van der Waals surface area contributed by atoms with E-state index in [1.165, 1.54) is 6.07 Å². The van der Waals surface area contributed by atoms with Gasteiger partial charge in [-0.25, -0.2) is 9.78 Å². The van der Waals surface area contributed by atoms with E-state index >= 15 is 0 Å². The highest BCUT2D eigenvalue weighted by Gasteiger charge is 2.24. The summed E-state index contributed by atoms with van der Waals surface area (Å²) in [5.74, 6) is 0.201. The molecule has 0 radical (unpaired) electrons. The Morgan fingerprint density at radius 3 is 2.42 bits per heavy atom. The van der Waals surface area contributed by atoms with Gasteiger partial charge in [0.05, 0.1) is 23.8 Å². The summed E-state index contributed by atoms with van der Waals surface area (Å²) in [5.41, 5.74) is 2.60. The Labute approximate surface area is 259 Å². The molecule has 3 aromatic carbocycles. The molecule has 10 heteroatoms. The van der Waals surface area contributed by atoms with Gasteiger partial charge in [-0.3, -0.25) is 9.59 Å². The topological polar surface area (TPSA) is 143 Å². The van der Waals surface area contributed by atoms with Gasteiger partial charge in [0.15, 0.2) is 0 Å². The smallest absolute Gasteiger partial charge is 0.337 e. The number of amides is 2. The Bertz CT molecular complexity index is 1810. The maximum atomic E-state index is 12.8. The van der Waals surface area contributed by atoms with Crippen LogP contribution in [-0.4, -0.2) is 45.0 Å². The molecule has 1 aliphatic rings. The maximum absolute atomic E-state index is 12.8. The molecule has 2 amide bonds. The zero-order chi connectivity index (χ0) is 31.2. The van der Waals surface area contributed by atoms with Crippen molar-refractivity contribution < 1.29 is 29.0 Å². The Kier molecular flexibility index (Phi) is 8.72. The van der Waals surface area contributed by atoms with Gasteiger partial charge < -0.3 is 30.2 Å². The first-order valence-electron chi connectivity index (χ1n) is 14.8. The predicted octanol–water partition coefficient (Wildman–Crippen LogP) is 6.35. The van der Waals surface area contributed by atoms with Gasteiger partial charge in [0.2, 0.25) is 11.8 Å². The fourth-order valence-electron chi connectivity index (χ4n) is 5.42. The molecule has 1 saturated carbocycles. The summed E-state index contributed by atoms with van der Waals surface area (Å²) < 4.78 is 12.0. The van der Waals surface area contributed by atoms with Crippen LogP contribution in [0.4, 0.5) is 5.69 Å². The van der Waals surface area contributed by atoms with E-state index in [1.54, 1.807) is 36.5 Å². The van der Waals surface area contributed by atoms with Gasteiger partial charge in [-0.05, 0) is 91.9 Å². The highest BCUT2D eigenvalue weighted by molar-refractivity contribution is 6.01. The number of carbonyl (C=O) groups is 3. The highest BCUT2D eigenvalue weighted by atomic mass is 16.5. The summed E-state index contributed by atoms with van der Waals surface area (Å²) in [6.07, 6.45) is 6.92. The molecule has 0 unspecified atom stereocenters. The number of benzene rings is 3. The molecule has 0 atom stereocenters. The van der Waals surface area contributed by atoms with Gasteiger partial charge in [-0.15, -0.1) is 0 Å². The van der Waals surface area contributed by atoms with Crippen molar-refractivity contribution in [2.45, 2.75) is 44.2 Å². The number of aromatic carboxylic acids is 1. The molecule has 2 aromatic heterocycles. The zero-order valence-corrected chi connectivity index (χ0v) is 24.4. The van der Waals surface area contributed by atoms with Gasteiger partial charge in [0, 0.05) is 41.0 Å². The van der Waals surface area contributed by atoms with Gasteiger partial charge in [-0.1, -0.05) is 18.2 Å². The summed E-state index contributed by atoms with van der Waals surface area (Å²) in [7, 11) is 0. The molecule has 1 aliphatic carbocycles. The number of pyridine rings is 1. The number of carboxylic acid groups (broad SMARTS) is 1. The maximum Gasteiger partial charge on any atom is 0.337 e. The van der Waals surface area contributed by atoms with Crippen molar-refractivity contribution in [1.82, 2.24) is 15.3 Å². The summed E-state index contributed by atoms with van der Waals surface area (Å²) in [6, 6.07) is 24.8. The third kappa shape index (κ3) is 7.48. The third-order valence-corrected chi connectivity index (χ3v) is 7.77. The average Bonchev–Trinajstić information content (AvgIpc) is 3.52. The first-order chi connectivity index (χ1) is 21.9. The van der Waals surface area contributed by atoms with E-state index in [1.807, 2.05) is 54.7 Å². The molecule has 6 rings (SSSR count). The van der Waals surface area contributed by atoms with Gasteiger partial charge >= 0.3 is 5.97 Å². The lowest BCUT2D eigenvalue weighted by atomic mass is 9.92. The SMILES string of the molecule is O=C(Cc1ccc(Oc2ccc(OC3CCC(NC(=O)c4ccc5[nH]ccc5c4)CC3)cc2)nc1)Nc1ccccc1C(=O)O. The van der Waals surface area contributed by atoms with Crippen molar-refractivity contribution in [1.29, 1.82) is 0 Å². The number of H-pyrrole nitrogens is 1. The van der Waals surface area contributed by atoms with E-state index in [4.69, 9.17) is 9.47 Å². The fourth-order valence-corrected chi connectivity index (χ4v) is 5.42. The van der Waals surface area contributed by atoms with Crippen LogP contribution in [0.2, 0.25) is 0 Å². The first kappa shape index (κ1) is 29.4. The molecule has 1 fully saturated rings. The van der Waals surface area contributed by atoms with Crippen LogP contribution in [0.3, 0.4) is 0 Å². The van der Waals surface area contributed by atoms with Gasteiger partial charge in [-0.2, -0.15) is 0 Å². The lowest BCUT2D eigenvalue weighted by Crippen LogP contribution is -2.39. The van der Waals surface area contributed by atoms with E-state index in [0.717, 1.165) is 42.3 Å². The number of hydrogen-bond acceptors (Lipinski definition) is 6. The van der Waals surface area contributed by atoms with E-state index in [9.17, 15) is 19.5 Å². The van der Waals surface area contributed by atoms with Crippen molar-refractivity contribution in [3.8, 4) is 17.4 Å². The van der Waals surface area contributed by atoms with Crippen LogP contribution in [0.1, 0.15) is 52.0 Å². The van der Waals surface area contributed by atoms with Crippen LogP contribution in [0.5, 0.6) is 17.4 Å². The lowest BCUT2D eigenvalue weighted by molar-refractivity contribution is -0.115. The number of carboxylic acids is 1. The lowest BCUT2D eigenvalue weighted by Gasteiger charge is -2.29. The molecule has 2 heterocycles. The van der Waals surface area contributed by atoms with Crippen molar-refractivity contribution in [2.75, 3.05) is 5.32 Å². The summed E-state index contributed by atoms with van der Waals surface area (Å²) in [5, 5.41) is 16.1. The molecule has 10 nitrogen and oxygen atoms in total. The summed E-state index contributed by atoms with van der Waals surface area (Å²) >= 11 is 0. The second-order valence-electron chi connectivity index (χ2n) is 11.0. The van der Waals surface area contributed by atoms with Crippen LogP contribution < -0.4 is 20.1 Å². The highest BCUT2D eigenvalue weighted by Crippen LogP contribution is 2.27. The number of para-hydroxylation sites is 1. The molecule has 0 bridgehead atoms. The minimum atomic E-state index is -1.11. The number of ether oxygens (including phenoxy) is 2. The molecule has 5 aromatic rings. The number of rotatable bonds is 10. The van der Waals surface area contributed by atoms with E-state index in [2.05, 4.69) is 20.6 Å². The number of anilines is 1. The van der Waals surface area contributed by atoms with Crippen molar-refractivity contribution >= 4 is 34.4 Å². The van der Waals surface area contributed by atoms with Crippen LogP contribution in [0.25, 0.3) is 10.9 Å². The third-order valence-electron chi connectivity index (χ3n) is 7.77. The Hall–Kier alpha value is -5.64. The molecule has 228 valence electrons. The number of fused-ring (bicyclic) bond motifs is 1.